The van der Waals surface area contributed by atoms with Crippen molar-refractivity contribution in [2.24, 2.45) is 0 Å². The second kappa shape index (κ2) is 32.3. The zero-order valence-corrected chi connectivity index (χ0v) is 51.0. The number of anilines is 3. The van der Waals surface area contributed by atoms with E-state index in [9.17, 15) is 14.7 Å². The van der Waals surface area contributed by atoms with E-state index >= 15 is 0 Å². The molecule has 1 amide bonds. The quantitative estimate of drug-likeness (QED) is 0.0242. The third-order valence-electron chi connectivity index (χ3n) is 13.4. The predicted molar refractivity (Wildman–Crippen MR) is 343 cm³/mol. The van der Waals surface area contributed by atoms with E-state index in [0.717, 1.165) is 58.9 Å². The molecule has 0 aliphatic heterocycles. The summed E-state index contributed by atoms with van der Waals surface area (Å²) in [6.07, 6.45) is 2.46. The molecule has 4 aromatic heterocycles. The lowest BCUT2D eigenvalue weighted by atomic mass is 10.1. The number of aryl methyl sites for hydroxylation is 1. The number of hydrogen-bond acceptors (Lipinski definition) is 21. The van der Waals surface area contributed by atoms with E-state index in [1.165, 1.54) is 43.9 Å². The molecule has 10 aromatic rings. The van der Waals surface area contributed by atoms with E-state index in [1.54, 1.807) is 77.8 Å². The number of methoxy groups -OCH3 is 6. The number of aromatic carboxylic acids is 1. The third-order valence-corrected chi connectivity index (χ3v) is 13.4. The highest BCUT2D eigenvalue weighted by molar-refractivity contribution is 6.05. The standard InChI is InChI=1S/C23H23N5O3.C23H25N5O3.C21H21N3O4/c1-15-25-22(31-28-15)18-6-4-5-17(13-18)20-14-21(27-23(26-20)30-3)24-12-11-16-7-9-19(29-2)10-8-16;1-15(24)26-22(29)18-6-4-5-17(13-18)20-14-21(28-23(27-20)31-3)25-12-11-16-7-9-19(30-2)10-8-16;1-27-17-8-6-14(7-9-17)10-11-22-19-13-18(23-21(24-19)28-2)15-4-3-5-16(12-15)20(25)26/h4-10,13-14H,11-12H2,1-3H3,(H,24,26,27);4-10,13-14H,11-12H2,1-3H3,(H2,24,26,29)(H,25,27,28);3-9,12-13H,10-11H2,1-2H3,(H,25,26)(H,22,23,24). The van der Waals surface area contributed by atoms with Crippen molar-refractivity contribution < 1.29 is 47.6 Å². The summed E-state index contributed by atoms with van der Waals surface area (Å²) in [6.45, 7) is 5.36. The Hall–Kier alpha value is -11.5. The Morgan fingerprint density at radius 3 is 1.18 bits per heavy atom. The minimum absolute atomic E-state index is 0.0856. The highest BCUT2D eigenvalue weighted by Gasteiger charge is 2.15. The van der Waals surface area contributed by atoms with Crippen LogP contribution in [0.1, 0.15) is 50.2 Å². The minimum atomic E-state index is -0.985. The van der Waals surface area contributed by atoms with Gasteiger partial charge in [-0.15, -0.1) is 0 Å². The SMILES string of the molecule is COc1ccc(CCNc2cc(-c3cccc(-c4nc(C)no4)c3)nc(OC)n2)cc1.COc1ccc(CCNc2cc(-c3cccc(C(=O)NC(C)=N)c3)nc(OC)n2)cc1.COc1ccc(CCNc2cc(-c3cccc(C(=O)O)c3)nc(OC)n2)cc1. The first-order valence-electron chi connectivity index (χ1n) is 28.3. The summed E-state index contributed by atoms with van der Waals surface area (Å²) < 4.78 is 36.6. The normalized spacial score (nSPS) is 10.4. The van der Waals surface area contributed by atoms with E-state index in [-0.39, 0.29) is 29.3 Å². The van der Waals surface area contributed by atoms with Crippen LogP contribution in [-0.2, 0) is 19.3 Å². The summed E-state index contributed by atoms with van der Waals surface area (Å²) in [5.41, 5.74) is 9.28. The molecule has 23 heteroatoms. The molecular weight excluding hydrogens is 1150 g/mol. The molecule has 0 radical (unpaired) electrons. The number of amidine groups is 1. The van der Waals surface area contributed by atoms with Gasteiger partial charge < -0.3 is 59.3 Å². The highest BCUT2D eigenvalue weighted by atomic mass is 16.5. The van der Waals surface area contributed by atoms with Crippen LogP contribution in [0.4, 0.5) is 17.5 Å². The molecule has 6 N–H and O–H groups in total. The topological polar surface area (TPSA) is 298 Å². The van der Waals surface area contributed by atoms with E-state index in [1.807, 2.05) is 103 Å². The largest absolute Gasteiger partial charge is 0.497 e. The molecular formula is C67H69N13O10. The Morgan fingerprint density at radius 1 is 0.456 bits per heavy atom. The van der Waals surface area contributed by atoms with Crippen LogP contribution in [0, 0.1) is 12.3 Å². The lowest BCUT2D eigenvalue weighted by Crippen LogP contribution is -2.27. The summed E-state index contributed by atoms with van der Waals surface area (Å²) in [7, 11) is 9.51. The van der Waals surface area contributed by atoms with Crippen molar-refractivity contribution in [1.29, 1.82) is 5.41 Å². The monoisotopic (exact) mass is 1220 g/mol. The van der Waals surface area contributed by atoms with E-state index < -0.39 is 5.97 Å². The fourth-order valence-corrected chi connectivity index (χ4v) is 8.75. The first-order chi connectivity index (χ1) is 43.7. The van der Waals surface area contributed by atoms with Gasteiger partial charge in [0, 0.05) is 65.7 Å². The van der Waals surface area contributed by atoms with Gasteiger partial charge in [0.15, 0.2) is 5.82 Å². The van der Waals surface area contributed by atoms with Crippen LogP contribution < -0.4 is 49.7 Å². The number of nitrogens with one attached hydrogen (secondary N) is 5. The van der Waals surface area contributed by atoms with Crippen molar-refractivity contribution in [2.45, 2.75) is 33.1 Å². The molecule has 0 fully saturated rings. The molecule has 0 saturated carbocycles. The average Bonchev–Trinajstić information content (AvgIpc) is 2.39. The van der Waals surface area contributed by atoms with Crippen LogP contribution in [-0.4, -0.2) is 125 Å². The first kappa shape index (κ1) is 64.5. The van der Waals surface area contributed by atoms with Gasteiger partial charge in [0.1, 0.15) is 34.7 Å². The molecule has 0 aliphatic rings. The molecule has 0 bridgehead atoms. The van der Waals surface area contributed by atoms with Gasteiger partial charge in [-0.3, -0.25) is 10.2 Å². The number of benzene rings is 6. The van der Waals surface area contributed by atoms with Crippen LogP contribution in [0.3, 0.4) is 0 Å². The molecule has 10 rings (SSSR count). The molecule has 0 spiro atoms. The van der Waals surface area contributed by atoms with Gasteiger partial charge >= 0.3 is 24.0 Å². The Labute approximate surface area is 520 Å². The van der Waals surface area contributed by atoms with Crippen molar-refractivity contribution in [3.63, 3.8) is 0 Å². The Balaban J connectivity index is 0.000000175. The van der Waals surface area contributed by atoms with Crippen molar-refractivity contribution in [1.82, 2.24) is 45.4 Å². The number of nitrogens with zero attached hydrogens (tertiary/aromatic N) is 8. The van der Waals surface area contributed by atoms with E-state index in [0.29, 0.717) is 77.3 Å². The van der Waals surface area contributed by atoms with Gasteiger partial charge in [-0.2, -0.15) is 34.9 Å². The molecule has 462 valence electrons. The maximum atomic E-state index is 12.2. The van der Waals surface area contributed by atoms with Crippen molar-refractivity contribution in [3.8, 4) is 80.5 Å². The second-order valence-corrected chi connectivity index (χ2v) is 19.7. The maximum Gasteiger partial charge on any atom is 0.335 e. The number of hydrogen-bond donors (Lipinski definition) is 6. The zero-order chi connectivity index (χ0) is 63.8. The first-order valence-corrected chi connectivity index (χ1v) is 28.3. The van der Waals surface area contributed by atoms with Gasteiger partial charge in [0.25, 0.3) is 11.8 Å². The number of ether oxygens (including phenoxy) is 6. The van der Waals surface area contributed by atoms with Crippen LogP contribution in [0.5, 0.6) is 35.3 Å². The van der Waals surface area contributed by atoms with Crippen LogP contribution >= 0.6 is 0 Å². The highest BCUT2D eigenvalue weighted by Crippen LogP contribution is 2.29. The van der Waals surface area contributed by atoms with Crippen molar-refractivity contribution in [2.75, 3.05) is 78.2 Å². The lowest BCUT2D eigenvalue weighted by molar-refractivity contribution is 0.0696. The molecule has 4 heterocycles. The van der Waals surface area contributed by atoms with Crippen LogP contribution in [0.2, 0.25) is 0 Å². The third kappa shape index (κ3) is 19.0. The Kier molecular flexibility index (Phi) is 23.2. The number of aromatic nitrogens is 8. The maximum absolute atomic E-state index is 12.2. The Bertz CT molecular complexity index is 4000. The molecule has 23 nitrogen and oxygen atoms in total. The number of carbonyl (C=O) groups is 2. The van der Waals surface area contributed by atoms with Gasteiger partial charge in [-0.1, -0.05) is 78.0 Å². The van der Waals surface area contributed by atoms with Crippen molar-refractivity contribution in [3.05, 3.63) is 197 Å². The smallest absolute Gasteiger partial charge is 0.335 e. The van der Waals surface area contributed by atoms with Crippen LogP contribution in [0.15, 0.2) is 168 Å². The molecule has 6 aromatic carbocycles. The van der Waals surface area contributed by atoms with Crippen molar-refractivity contribution >= 4 is 35.2 Å². The van der Waals surface area contributed by atoms with Crippen LogP contribution in [0.25, 0.3) is 45.2 Å². The second-order valence-electron chi connectivity index (χ2n) is 19.7. The van der Waals surface area contributed by atoms with Gasteiger partial charge in [-0.25, -0.2) is 4.79 Å². The number of amides is 1. The molecule has 0 unspecified atom stereocenters. The number of carbonyl (C=O) groups excluding carboxylic acids is 1. The fraction of sp³-hybridized carbons (Fsp3) is 0.209. The van der Waals surface area contributed by atoms with Gasteiger partial charge in [-0.05, 0) is 123 Å². The van der Waals surface area contributed by atoms with Gasteiger partial charge in [0.05, 0.1) is 71.1 Å². The summed E-state index contributed by atoms with van der Waals surface area (Å²) >= 11 is 0. The predicted octanol–water partition coefficient (Wildman–Crippen LogP) is 11.2. The summed E-state index contributed by atoms with van der Waals surface area (Å²) in [6, 6.07) is 51.5. The van der Waals surface area contributed by atoms with E-state index in [4.69, 9.17) is 38.4 Å². The number of rotatable bonds is 24. The van der Waals surface area contributed by atoms with E-state index in [2.05, 4.69) is 73.4 Å². The Morgan fingerprint density at radius 2 is 0.822 bits per heavy atom. The minimum Gasteiger partial charge on any atom is -0.497 e. The summed E-state index contributed by atoms with van der Waals surface area (Å²) in [5, 5.41) is 32.9. The summed E-state index contributed by atoms with van der Waals surface area (Å²) in [4.78, 5) is 54.0. The number of carboxylic acids is 1. The molecule has 0 saturated heterocycles. The fourth-order valence-electron chi connectivity index (χ4n) is 8.75. The number of carboxylic acid groups (broad SMARTS) is 1. The molecule has 90 heavy (non-hydrogen) atoms. The lowest BCUT2D eigenvalue weighted by Gasteiger charge is -2.11. The molecule has 0 atom stereocenters. The zero-order valence-electron chi connectivity index (χ0n) is 51.0. The van der Waals surface area contributed by atoms with Gasteiger partial charge in [0.2, 0.25) is 0 Å². The summed E-state index contributed by atoms with van der Waals surface area (Å²) in [5.74, 6) is 4.24. The average molecular weight is 1220 g/mol. The molecule has 0 aliphatic carbocycles.